The van der Waals surface area contributed by atoms with E-state index in [0.717, 1.165) is 0 Å². The van der Waals surface area contributed by atoms with Crippen molar-refractivity contribution >= 4 is 11.9 Å². The molecule has 1 amide bonds. The summed E-state index contributed by atoms with van der Waals surface area (Å²) in [6.07, 6.45) is -7.63. The highest BCUT2D eigenvalue weighted by Crippen LogP contribution is 2.42. The van der Waals surface area contributed by atoms with E-state index in [9.17, 15) is 26.7 Å². The molecule has 0 aromatic heterocycles. The van der Waals surface area contributed by atoms with E-state index in [2.05, 4.69) is 26.5 Å². The van der Waals surface area contributed by atoms with Crippen LogP contribution in [0.1, 0.15) is 45.4 Å². The van der Waals surface area contributed by atoms with Gasteiger partial charge in [-0.2, -0.15) is 13.2 Å². The summed E-state index contributed by atoms with van der Waals surface area (Å²) in [4.78, 5) is 17.3. The maximum Gasteiger partial charge on any atom is 0.391 e. The number of amides is 1. The average molecular weight is 482 g/mol. The van der Waals surface area contributed by atoms with Gasteiger partial charge in [-0.25, -0.2) is 14.2 Å². The van der Waals surface area contributed by atoms with E-state index >= 15 is 0 Å². The third kappa shape index (κ3) is 5.76. The molecule has 0 spiro atoms. The van der Waals surface area contributed by atoms with Crippen molar-refractivity contribution in [1.29, 1.82) is 0 Å². The fourth-order valence-electron chi connectivity index (χ4n) is 5.11. The lowest BCUT2D eigenvalue weighted by Crippen LogP contribution is -2.55. The zero-order valence-electron chi connectivity index (χ0n) is 18.6. The fourth-order valence-corrected chi connectivity index (χ4v) is 5.11. The number of carbonyl (C=O) groups is 1. The van der Waals surface area contributed by atoms with Crippen LogP contribution in [-0.4, -0.2) is 62.4 Å². The van der Waals surface area contributed by atoms with Crippen LogP contribution in [0, 0.1) is 23.2 Å². The van der Waals surface area contributed by atoms with Crippen molar-refractivity contribution in [3.8, 4) is 0 Å². The maximum atomic E-state index is 13.8. The van der Waals surface area contributed by atoms with Crippen molar-refractivity contribution in [3.05, 3.63) is 0 Å². The number of hydrogen-bond acceptors (Lipinski definition) is 5. The van der Waals surface area contributed by atoms with Gasteiger partial charge in [0.2, 0.25) is 5.91 Å². The molecule has 7 unspecified atom stereocenters. The standard InChI is InChI=1S/C21H32F5N5O2/c1-20(9-33-10-20)8-27-19(29-18(32)11-2-4-14(22)15(23)6-11)28-17-13-7-12(21(24,25)26)3-5-16(13)30-31-17/h11-17,30-31H,2-10H2,1H3,(H2,27,28,29,32). The van der Waals surface area contributed by atoms with Crippen molar-refractivity contribution < 1.29 is 31.5 Å². The molecule has 0 bridgehead atoms. The van der Waals surface area contributed by atoms with Crippen LogP contribution in [0.25, 0.3) is 0 Å². The minimum atomic E-state index is -4.25. The summed E-state index contributed by atoms with van der Waals surface area (Å²) < 4.78 is 72.4. The Morgan fingerprint density at radius 2 is 1.85 bits per heavy atom. The summed E-state index contributed by atoms with van der Waals surface area (Å²) in [5.41, 5.74) is 5.86. The van der Waals surface area contributed by atoms with Crippen LogP contribution < -0.4 is 21.5 Å². The second-order valence-corrected chi connectivity index (χ2v) is 10.2. The van der Waals surface area contributed by atoms with Crippen molar-refractivity contribution in [2.24, 2.45) is 28.2 Å². The van der Waals surface area contributed by atoms with Crippen LogP contribution in [0.15, 0.2) is 4.99 Å². The van der Waals surface area contributed by atoms with E-state index in [-0.39, 0.29) is 55.4 Å². The number of carbonyl (C=O) groups excluding carboxylic acids is 1. The molecule has 2 heterocycles. The molecule has 0 radical (unpaired) electrons. The van der Waals surface area contributed by atoms with Gasteiger partial charge in [0.15, 0.2) is 5.96 Å². The predicted molar refractivity (Wildman–Crippen MR) is 110 cm³/mol. The number of ether oxygens (including phenoxy) is 1. The number of rotatable bonds is 4. The summed E-state index contributed by atoms with van der Waals surface area (Å²) in [6, 6.07) is -0.122. The molecule has 4 aliphatic rings. The third-order valence-corrected chi connectivity index (χ3v) is 7.33. The molecule has 0 aromatic carbocycles. The van der Waals surface area contributed by atoms with Gasteiger partial charge in [0.05, 0.1) is 31.8 Å². The molecule has 2 saturated heterocycles. The van der Waals surface area contributed by atoms with Gasteiger partial charge in [0.25, 0.3) is 0 Å². The second-order valence-electron chi connectivity index (χ2n) is 10.2. The Balaban J connectivity index is 1.43. The molecule has 2 aliphatic carbocycles. The van der Waals surface area contributed by atoms with Crippen LogP contribution >= 0.6 is 0 Å². The van der Waals surface area contributed by atoms with E-state index in [0.29, 0.717) is 26.2 Å². The zero-order chi connectivity index (χ0) is 23.8. The number of hydrazine groups is 1. The molecule has 4 fully saturated rings. The molecule has 7 nitrogen and oxygen atoms in total. The monoisotopic (exact) mass is 481 g/mol. The smallest absolute Gasteiger partial charge is 0.380 e. The predicted octanol–water partition coefficient (Wildman–Crippen LogP) is 2.34. The first-order valence-electron chi connectivity index (χ1n) is 11.6. The van der Waals surface area contributed by atoms with Crippen molar-refractivity contribution in [3.63, 3.8) is 0 Å². The lowest BCUT2D eigenvalue weighted by Gasteiger charge is -2.37. The Morgan fingerprint density at radius 3 is 2.48 bits per heavy atom. The first kappa shape index (κ1) is 24.6. The largest absolute Gasteiger partial charge is 0.391 e. The van der Waals surface area contributed by atoms with E-state index in [4.69, 9.17) is 4.74 Å². The minimum Gasteiger partial charge on any atom is -0.380 e. The van der Waals surface area contributed by atoms with Gasteiger partial charge < -0.3 is 10.1 Å². The second kappa shape index (κ2) is 9.61. The van der Waals surface area contributed by atoms with Gasteiger partial charge in [-0.3, -0.25) is 20.5 Å². The Labute approximate surface area is 189 Å². The van der Waals surface area contributed by atoms with Crippen LogP contribution in [0.3, 0.4) is 0 Å². The third-order valence-electron chi connectivity index (χ3n) is 7.33. The van der Waals surface area contributed by atoms with Gasteiger partial charge in [-0.15, -0.1) is 0 Å². The van der Waals surface area contributed by atoms with E-state index in [1.165, 1.54) is 0 Å². The highest BCUT2D eigenvalue weighted by Gasteiger charge is 2.49. The molecule has 7 atom stereocenters. The topological polar surface area (TPSA) is 86.8 Å². The van der Waals surface area contributed by atoms with Crippen LogP contribution in [0.4, 0.5) is 22.0 Å². The quantitative estimate of drug-likeness (QED) is 0.281. The summed E-state index contributed by atoms with van der Waals surface area (Å²) in [5, 5.41) is 5.75. The number of nitrogens with one attached hydrogen (secondary N) is 4. The fraction of sp³-hybridized carbons (Fsp3) is 0.905. The van der Waals surface area contributed by atoms with Crippen molar-refractivity contribution in [2.45, 2.75) is 76.2 Å². The summed E-state index contributed by atoms with van der Waals surface area (Å²) in [7, 11) is 0. The van der Waals surface area contributed by atoms with Gasteiger partial charge in [0, 0.05) is 23.3 Å². The van der Waals surface area contributed by atoms with Crippen molar-refractivity contribution in [2.75, 3.05) is 19.8 Å². The zero-order valence-corrected chi connectivity index (χ0v) is 18.6. The van der Waals surface area contributed by atoms with Crippen LogP contribution in [-0.2, 0) is 9.53 Å². The van der Waals surface area contributed by atoms with Crippen LogP contribution in [0.2, 0.25) is 0 Å². The number of alkyl halides is 5. The Morgan fingerprint density at radius 1 is 1.09 bits per heavy atom. The van der Waals surface area contributed by atoms with Gasteiger partial charge in [-0.1, -0.05) is 6.92 Å². The summed E-state index contributed by atoms with van der Waals surface area (Å²) >= 11 is 0. The molecule has 2 aliphatic heterocycles. The molecular formula is C21H32F5N5O2. The van der Waals surface area contributed by atoms with Gasteiger partial charge >= 0.3 is 6.18 Å². The highest BCUT2D eigenvalue weighted by molar-refractivity contribution is 5.98. The molecule has 33 heavy (non-hydrogen) atoms. The first-order valence-corrected chi connectivity index (χ1v) is 11.6. The number of nitrogens with zero attached hydrogens (tertiary/aromatic N) is 1. The Hall–Kier alpha value is -1.53. The summed E-state index contributed by atoms with van der Waals surface area (Å²) in [5.74, 6) is -2.76. The molecule has 2 saturated carbocycles. The average Bonchev–Trinajstić information content (AvgIpc) is 3.14. The Kier molecular flexibility index (Phi) is 7.16. The highest BCUT2D eigenvalue weighted by atomic mass is 19.4. The van der Waals surface area contributed by atoms with Crippen molar-refractivity contribution in [1.82, 2.24) is 21.5 Å². The van der Waals surface area contributed by atoms with E-state index in [1.54, 1.807) is 0 Å². The number of fused-ring (bicyclic) bond motifs is 1. The Bertz CT molecular complexity index is 747. The molecule has 188 valence electrons. The van der Waals surface area contributed by atoms with Gasteiger partial charge in [0.1, 0.15) is 12.3 Å². The number of halogens is 5. The molecule has 4 N–H and O–H groups in total. The first-order chi connectivity index (χ1) is 15.5. The molecule has 12 heteroatoms. The van der Waals surface area contributed by atoms with Crippen LogP contribution in [0.5, 0.6) is 0 Å². The minimum absolute atomic E-state index is 0.0226. The molecule has 4 rings (SSSR count). The lowest BCUT2D eigenvalue weighted by atomic mass is 9.77. The molecular weight excluding hydrogens is 449 g/mol. The molecule has 0 aromatic rings. The maximum absolute atomic E-state index is 13.8. The normalized spacial score (nSPS) is 38.8. The van der Waals surface area contributed by atoms with E-state index < -0.39 is 42.4 Å². The number of guanidine groups is 1. The number of hydrogen-bond donors (Lipinski definition) is 4. The lowest BCUT2D eigenvalue weighted by molar-refractivity contribution is -0.186. The van der Waals surface area contributed by atoms with E-state index in [1.807, 2.05) is 6.92 Å². The summed E-state index contributed by atoms with van der Waals surface area (Å²) in [6.45, 7) is 3.36. The number of aliphatic imine (C=N–C) groups is 1. The SMILES string of the molecule is CC1(CN=C(NC(=O)C2CCC(F)C(F)C2)NC2NNC3CCC(C(F)(F)F)CC32)COC1. The van der Waals surface area contributed by atoms with Gasteiger partial charge in [-0.05, 0) is 38.5 Å².